The quantitative estimate of drug-likeness (QED) is 0.362. The zero-order valence-electron chi connectivity index (χ0n) is 18.8. The Morgan fingerprint density at radius 3 is 2.72 bits per heavy atom. The fraction of sp³-hybridized carbons (Fsp3) is 0.375. The van der Waals surface area contributed by atoms with Crippen LogP contribution in [0.25, 0.3) is 17.0 Å². The van der Waals surface area contributed by atoms with E-state index in [1.54, 1.807) is 12.3 Å². The highest BCUT2D eigenvalue weighted by molar-refractivity contribution is 6.30. The molecule has 0 radical (unpaired) electrons. The van der Waals surface area contributed by atoms with E-state index in [2.05, 4.69) is 15.4 Å². The molecule has 170 valence electrons. The Morgan fingerprint density at radius 2 is 2.03 bits per heavy atom. The topological polar surface area (TPSA) is 78.3 Å². The van der Waals surface area contributed by atoms with Gasteiger partial charge in [-0.3, -0.25) is 4.68 Å². The van der Waals surface area contributed by atoms with Crippen molar-refractivity contribution in [2.24, 2.45) is 0 Å². The van der Waals surface area contributed by atoms with Crippen LogP contribution in [0.4, 0.5) is 4.79 Å². The van der Waals surface area contributed by atoms with Gasteiger partial charge < -0.3 is 14.8 Å². The maximum absolute atomic E-state index is 12.3. The van der Waals surface area contributed by atoms with Crippen molar-refractivity contribution in [2.75, 3.05) is 13.2 Å². The fourth-order valence-electron chi connectivity index (χ4n) is 3.24. The van der Waals surface area contributed by atoms with Gasteiger partial charge in [-0.15, -0.1) is 0 Å². The number of hydrogen-bond donors (Lipinski definition) is 1. The number of ether oxygens (including phenoxy) is 2. The number of carbonyl (C=O) groups is 1. The second-order valence-corrected chi connectivity index (χ2v) is 8.66. The molecule has 0 fully saturated rings. The number of carbonyl (C=O) groups excluding carboxylic acids is 1. The summed E-state index contributed by atoms with van der Waals surface area (Å²) >= 11 is 6.15. The third kappa shape index (κ3) is 6.55. The van der Waals surface area contributed by atoms with Crippen LogP contribution in [0.15, 0.2) is 48.7 Å². The first-order valence-electron chi connectivity index (χ1n) is 10.6. The van der Waals surface area contributed by atoms with Crippen molar-refractivity contribution in [3.63, 3.8) is 0 Å². The molecule has 0 bridgehead atoms. The first-order valence-corrected chi connectivity index (χ1v) is 11.0. The lowest BCUT2D eigenvalue weighted by Gasteiger charge is -2.23. The van der Waals surface area contributed by atoms with Crippen LogP contribution in [0.2, 0.25) is 5.15 Å². The average molecular weight is 457 g/mol. The van der Waals surface area contributed by atoms with Gasteiger partial charge in [0.25, 0.3) is 0 Å². The largest absolute Gasteiger partial charge is 0.444 e. The van der Waals surface area contributed by atoms with E-state index in [4.69, 9.17) is 21.1 Å². The van der Waals surface area contributed by atoms with Crippen molar-refractivity contribution >= 4 is 34.7 Å². The van der Waals surface area contributed by atoms with E-state index in [1.165, 1.54) is 0 Å². The van der Waals surface area contributed by atoms with E-state index < -0.39 is 11.7 Å². The molecule has 7 nitrogen and oxygen atoms in total. The molecule has 2 heterocycles. The van der Waals surface area contributed by atoms with Crippen LogP contribution in [0.3, 0.4) is 0 Å². The van der Waals surface area contributed by atoms with Gasteiger partial charge in [-0.2, -0.15) is 5.10 Å². The predicted octanol–water partition coefficient (Wildman–Crippen LogP) is 5.40. The van der Waals surface area contributed by atoms with Crippen molar-refractivity contribution < 1.29 is 14.3 Å². The van der Waals surface area contributed by atoms with E-state index in [9.17, 15) is 4.79 Å². The van der Waals surface area contributed by atoms with Gasteiger partial charge in [0.05, 0.1) is 36.7 Å². The molecule has 0 aliphatic heterocycles. The van der Waals surface area contributed by atoms with Crippen molar-refractivity contribution in [2.45, 2.75) is 45.9 Å². The van der Waals surface area contributed by atoms with Crippen LogP contribution in [-0.4, -0.2) is 39.7 Å². The molecule has 0 aliphatic carbocycles. The molecule has 1 aromatic carbocycles. The summed E-state index contributed by atoms with van der Waals surface area (Å²) < 4.78 is 13.1. The van der Waals surface area contributed by atoms with E-state index in [0.29, 0.717) is 18.4 Å². The average Bonchev–Trinajstić information content (AvgIpc) is 3.14. The third-order valence-electron chi connectivity index (χ3n) is 4.58. The van der Waals surface area contributed by atoms with E-state index >= 15 is 0 Å². The van der Waals surface area contributed by atoms with Crippen LogP contribution in [0.5, 0.6) is 0 Å². The molecule has 2 aromatic heterocycles. The van der Waals surface area contributed by atoms with Gasteiger partial charge in [-0.05, 0) is 45.4 Å². The molecule has 32 heavy (non-hydrogen) atoms. The Balaban J connectivity index is 1.65. The van der Waals surface area contributed by atoms with Gasteiger partial charge >= 0.3 is 6.09 Å². The Bertz CT molecular complexity index is 1070. The number of pyridine rings is 1. The molecule has 1 N–H and O–H groups in total. The van der Waals surface area contributed by atoms with Gasteiger partial charge in [0.1, 0.15) is 10.8 Å². The SMILES string of the molecule is CCn1ncc2cc(Cl)nc(/C=C\COC[C@@H](NC(=O)OC(C)(C)C)c3ccccc3)c21. The molecule has 0 aliphatic rings. The van der Waals surface area contributed by atoms with Crippen molar-refractivity contribution in [1.29, 1.82) is 0 Å². The van der Waals surface area contributed by atoms with Crippen LogP contribution in [0, 0.1) is 0 Å². The number of aryl methyl sites for hydroxylation is 1. The second-order valence-electron chi connectivity index (χ2n) is 8.28. The molecule has 8 heteroatoms. The number of halogens is 1. The number of nitrogens with zero attached hydrogens (tertiary/aromatic N) is 3. The number of alkyl carbamates (subject to hydrolysis) is 1. The number of amides is 1. The van der Waals surface area contributed by atoms with E-state index in [-0.39, 0.29) is 6.04 Å². The van der Waals surface area contributed by atoms with Crippen molar-refractivity contribution in [1.82, 2.24) is 20.1 Å². The summed E-state index contributed by atoms with van der Waals surface area (Å²) in [5, 5.41) is 8.62. The Hall–Kier alpha value is -2.90. The minimum absolute atomic E-state index is 0.291. The number of nitrogens with one attached hydrogen (secondary N) is 1. The third-order valence-corrected chi connectivity index (χ3v) is 4.77. The monoisotopic (exact) mass is 456 g/mol. The van der Waals surface area contributed by atoms with Gasteiger partial charge in [-0.1, -0.05) is 48.0 Å². The number of benzene rings is 1. The lowest BCUT2D eigenvalue weighted by Crippen LogP contribution is -2.36. The second kappa shape index (κ2) is 10.6. The van der Waals surface area contributed by atoms with Gasteiger partial charge in [0.2, 0.25) is 0 Å². The highest BCUT2D eigenvalue weighted by Gasteiger charge is 2.20. The summed E-state index contributed by atoms with van der Waals surface area (Å²) in [6, 6.07) is 11.1. The predicted molar refractivity (Wildman–Crippen MR) is 127 cm³/mol. The van der Waals surface area contributed by atoms with Crippen LogP contribution in [0.1, 0.15) is 45.0 Å². The lowest BCUT2D eigenvalue weighted by atomic mass is 10.1. The molecular formula is C24H29ClN4O3. The Morgan fingerprint density at radius 1 is 1.28 bits per heavy atom. The maximum atomic E-state index is 12.3. The number of rotatable bonds is 8. The normalized spacial score (nSPS) is 12.9. The van der Waals surface area contributed by atoms with Crippen LogP contribution >= 0.6 is 11.6 Å². The van der Waals surface area contributed by atoms with E-state index in [1.807, 2.05) is 74.9 Å². The first kappa shape index (κ1) is 23.8. The van der Waals surface area contributed by atoms with Crippen molar-refractivity contribution in [3.05, 3.63) is 65.1 Å². The zero-order valence-corrected chi connectivity index (χ0v) is 19.6. The van der Waals surface area contributed by atoms with Crippen LogP contribution < -0.4 is 5.32 Å². The number of fused-ring (bicyclic) bond motifs is 1. The Labute approximate surface area is 193 Å². The summed E-state index contributed by atoms with van der Waals surface area (Å²) in [7, 11) is 0. The molecule has 0 unspecified atom stereocenters. The minimum atomic E-state index is -0.574. The molecule has 0 saturated heterocycles. The summed E-state index contributed by atoms with van der Waals surface area (Å²) in [5.41, 5.74) is 2.03. The standard InChI is InChI=1S/C24H29ClN4O3/c1-5-29-22-18(15-26-29)14-21(25)27-19(22)12-9-13-31-16-20(17-10-7-6-8-11-17)28-23(30)32-24(2,3)4/h6-12,14-15,20H,5,13,16H2,1-4H3,(H,28,30)/b12-9-/t20-/m1/s1. The highest BCUT2D eigenvalue weighted by Crippen LogP contribution is 2.22. The smallest absolute Gasteiger partial charge is 0.408 e. The Kier molecular flexibility index (Phi) is 7.88. The summed E-state index contributed by atoms with van der Waals surface area (Å²) in [4.78, 5) is 16.7. The molecule has 0 spiro atoms. The fourth-order valence-corrected chi connectivity index (χ4v) is 3.45. The van der Waals surface area contributed by atoms with E-state index in [0.717, 1.165) is 28.7 Å². The summed E-state index contributed by atoms with van der Waals surface area (Å²) in [6.45, 7) is 8.89. The summed E-state index contributed by atoms with van der Waals surface area (Å²) in [5.74, 6) is 0. The number of aromatic nitrogens is 3. The first-order chi connectivity index (χ1) is 15.3. The minimum Gasteiger partial charge on any atom is -0.444 e. The molecule has 1 atom stereocenters. The molecular weight excluding hydrogens is 428 g/mol. The van der Waals surface area contributed by atoms with Gasteiger partial charge in [0.15, 0.2) is 0 Å². The highest BCUT2D eigenvalue weighted by atomic mass is 35.5. The summed E-state index contributed by atoms with van der Waals surface area (Å²) in [6.07, 6.45) is 5.05. The van der Waals surface area contributed by atoms with Gasteiger partial charge in [0, 0.05) is 11.9 Å². The van der Waals surface area contributed by atoms with Crippen LogP contribution in [-0.2, 0) is 16.0 Å². The number of hydrogen-bond acceptors (Lipinski definition) is 5. The zero-order chi connectivity index (χ0) is 23.1. The van der Waals surface area contributed by atoms with Gasteiger partial charge in [-0.25, -0.2) is 9.78 Å². The van der Waals surface area contributed by atoms with Crippen molar-refractivity contribution in [3.8, 4) is 0 Å². The molecule has 3 aromatic rings. The molecule has 0 saturated carbocycles. The molecule has 1 amide bonds. The maximum Gasteiger partial charge on any atom is 0.408 e. The lowest BCUT2D eigenvalue weighted by molar-refractivity contribution is 0.0455. The molecule has 3 rings (SSSR count).